The Morgan fingerprint density at radius 3 is 2.88 bits per heavy atom. The number of nitrogens with zero attached hydrogens (tertiary/aromatic N) is 1. The Kier molecular flexibility index (Phi) is 2.93. The zero-order valence-electron chi connectivity index (χ0n) is 9.67. The van der Waals surface area contributed by atoms with Crippen LogP contribution in [0.15, 0.2) is 16.6 Å². The molecule has 0 aromatic heterocycles. The molecule has 1 aliphatic heterocycles. The molecule has 1 unspecified atom stereocenters. The summed E-state index contributed by atoms with van der Waals surface area (Å²) in [4.78, 5) is 13.7. The molecule has 1 atom stereocenters. The van der Waals surface area contributed by atoms with Crippen molar-refractivity contribution in [2.75, 3.05) is 23.8 Å². The van der Waals surface area contributed by atoms with E-state index in [9.17, 15) is 4.79 Å². The maximum atomic E-state index is 12.0. The average molecular weight is 283 g/mol. The lowest BCUT2D eigenvalue weighted by atomic mass is 10.1. The summed E-state index contributed by atoms with van der Waals surface area (Å²) >= 11 is 3.52. The number of carbonyl (C=O) groups excluding carboxylic acids is 1. The number of nitrogens with one attached hydrogen (secondary N) is 1. The highest BCUT2D eigenvalue weighted by Crippen LogP contribution is 2.37. The molecule has 0 saturated heterocycles. The number of aryl methyl sites for hydroxylation is 1. The van der Waals surface area contributed by atoms with Crippen LogP contribution in [0, 0.1) is 12.8 Å². The minimum Gasteiger partial charge on any atom is -0.383 e. The van der Waals surface area contributed by atoms with Gasteiger partial charge in [-0.25, -0.2) is 0 Å². The van der Waals surface area contributed by atoms with Crippen molar-refractivity contribution in [2.45, 2.75) is 13.8 Å². The van der Waals surface area contributed by atoms with Gasteiger partial charge in [-0.2, -0.15) is 0 Å². The van der Waals surface area contributed by atoms with Crippen LogP contribution in [0.3, 0.4) is 0 Å². The van der Waals surface area contributed by atoms with Crippen molar-refractivity contribution in [3.63, 3.8) is 0 Å². The van der Waals surface area contributed by atoms with E-state index in [1.807, 2.05) is 27.0 Å². The van der Waals surface area contributed by atoms with Gasteiger partial charge in [0.2, 0.25) is 5.91 Å². The molecule has 0 saturated carbocycles. The Morgan fingerprint density at radius 1 is 1.50 bits per heavy atom. The Labute approximate surface area is 104 Å². The predicted molar refractivity (Wildman–Crippen MR) is 69.9 cm³/mol. The van der Waals surface area contributed by atoms with E-state index in [2.05, 4.69) is 27.3 Å². The second-order valence-electron chi connectivity index (χ2n) is 4.32. The third-order valence-electron chi connectivity index (χ3n) is 2.89. The molecule has 16 heavy (non-hydrogen) atoms. The van der Waals surface area contributed by atoms with Crippen LogP contribution >= 0.6 is 15.9 Å². The number of fused-ring (bicyclic) bond motifs is 1. The lowest BCUT2D eigenvalue weighted by Crippen LogP contribution is -2.32. The molecular formula is C12H15BrN2O. The van der Waals surface area contributed by atoms with E-state index in [1.54, 1.807) is 4.90 Å². The van der Waals surface area contributed by atoms with Gasteiger partial charge in [-0.05, 0) is 40.5 Å². The summed E-state index contributed by atoms with van der Waals surface area (Å²) in [6, 6.07) is 4.10. The van der Waals surface area contributed by atoms with Gasteiger partial charge in [0, 0.05) is 18.1 Å². The van der Waals surface area contributed by atoms with Crippen LogP contribution in [0.4, 0.5) is 11.4 Å². The minimum absolute atomic E-state index is 0.00426. The van der Waals surface area contributed by atoms with E-state index in [4.69, 9.17) is 0 Å². The highest BCUT2D eigenvalue weighted by atomic mass is 79.9. The third-order valence-corrected chi connectivity index (χ3v) is 3.50. The van der Waals surface area contributed by atoms with Crippen molar-refractivity contribution in [3.8, 4) is 0 Å². The summed E-state index contributed by atoms with van der Waals surface area (Å²) in [6.45, 7) is 4.67. The molecule has 1 N–H and O–H groups in total. The molecule has 1 amide bonds. The highest BCUT2D eigenvalue weighted by molar-refractivity contribution is 9.10. The standard InChI is InChI=1S/C12H15BrN2O/c1-7-4-9(13)11-10(5-7)14-6-8(2)12(16)15(11)3/h4-5,8,14H,6H2,1-3H3. The van der Waals surface area contributed by atoms with Gasteiger partial charge in [-0.15, -0.1) is 0 Å². The molecule has 1 aromatic carbocycles. The summed E-state index contributed by atoms with van der Waals surface area (Å²) in [6.07, 6.45) is 0. The van der Waals surface area contributed by atoms with E-state index >= 15 is 0 Å². The molecular weight excluding hydrogens is 268 g/mol. The van der Waals surface area contributed by atoms with E-state index < -0.39 is 0 Å². The van der Waals surface area contributed by atoms with Crippen LogP contribution < -0.4 is 10.2 Å². The van der Waals surface area contributed by atoms with E-state index in [0.29, 0.717) is 6.54 Å². The van der Waals surface area contributed by atoms with Gasteiger partial charge in [0.1, 0.15) is 0 Å². The predicted octanol–water partition coefficient (Wildman–Crippen LogP) is 2.78. The van der Waals surface area contributed by atoms with Crippen LogP contribution in [0.2, 0.25) is 0 Å². The van der Waals surface area contributed by atoms with Gasteiger partial charge in [-0.1, -0.05) is 6.92 Å². The summed E-state index contributed by atoms with van der Waals surface area (Å²) < 4.78 is 0.958. The van der Waals surface area contributed by atoms with Gasteiger partial charge in [0.15, 0.2) is 0 Å². The fourth-order valence-corrected chi connectivity index (χ4v) is 2.84. The van der Waals surface area contributed by atoms with Crippen molar-refractivity contribution in [3.05, 3.63) is 22.2 Å². The minimum atomic E-state index is 0.00426. The topological polar surface area (TPSA) is 32.3 Å². The monoisotopic (exact) mass is 282 g/mol. The number of halogens is 1. The Bertz CT molecular complexity index is 445. The maximum absolute atomic E-state index is 12.0. The molecule has 0 bridgehead atoms. The lowest BCUT2D eigenvalue weighted by Gasteiger charge is -2.20. The Morgan fingerprint density at radius 2 is 2.19 bits per heavy atom. The molecule has 1 aliphatic rings. The Hall–Kier alpha value is -1.03. The number of benzene rings is 1. The summed E-state index contributed by atoms with van der Waals surface area (Å²) in [5.74, 6) is 0.153. The quantitative estimate of drug-likeness (QED) is 0.794. The first-order chi connectivity index (χ1) is 7.50. The first kappa shape index (κ1) is 11.5. The van der Waals surface area contributed by atoms with Gasteiger partial charge < -0.3 is 10.2 Å². The van der Waals surface area contributed by atoms with Crippen molar-refractivity contribution in [1.82, 2.24) is 0 Å². The zero-order chi connectivity index (χ0) is 11.9. The number of anilines is 2. The molecule has 0 aliphatic carbocycles. The van der Waals surface area contributed by atoms with Crippen LogP contribution in [0.1, 0.15) is 12.5 Å². The molecule has 2 rings (SSSR count). The molecule has 1 heterocycles. The molecule has 4 heteroatoms. The summed E-state index contributed by atoms with van der Waals surface area (Å²) in [7, 11) is 1.82. The van der Waals surface area contributed by atoms with Gasteiger partial charge in [0.25, 0.3) is 0 Å². The van der Waals surface area contributed by atoms with Gasteiger partial charge >= 0.3 is 0 Å². The van der Waals surface area contributed by atoms with Crippen LogP contribution in [0.25, 0.3) is 0 Å². The molecule has 0 radical (unpaired) electrons. The molecule has 3 nitrogen and oxygen atoms in total. The Balaban J connectivity index is 2.57. The second kappa shape index (κ2) is 4.09. The number of rotatable bonds is 0. The highest BCUT2D eigenvalue weighted by Gasteiger charge is 2.26. The second-order valence-corrected chi connectivity index (χ2v) is 5.18. The maximum Gasteiger partial charge on any atom is 0.231 e. The number of carbonyl (C=O) groups is 1. The number of amides is 1. The fourth-order valence-electron chi connectivity index (χ4n) is 2.00. The van der Waals surface area contributed by atoms with Crippen molar-refractivity contribution >= 4 is 33.2 Å². The number of hydrogen-bond donors (Lipinski definition) is 1. The van der Waals surface area contributed by atoms with Crippen LogP contribution in [-0.4, -0.2) is 19.5 Å². The first-order valence-corrected chi connectivity index (χ1v) is 6.11. The van der Waals surface area contributed by atoms with E-state index in [-0.39, 0.29) is 11.8 Å². The molecule has 0 fully saturated rings. The number of hydrogen-bond acceptors (Lipinski definition) is 2. The fraction of sp³-hybridized carbons (Fsp3) is 0.417. The van der Waals surface area contributed by atoms with Gasteiger partial charge in [-0.3, -0.25) is 4.79 Å². The van der Waals surface area contributed by atoms with Crippen LogP contribution in [-0.2, 0) is 4.79 Å². The zero-order valence-corrected chi connectivity index (χ0v) is 11.3. The third kappa shape index (κ3) is 1.82. The lowest BCUT2D eigenvalue weighted by molar-refractivity contribution is -0.121. The molecule has 0 spiro atoms. The smallest absolute Gasteiger partial charge is 0.231 e. The molecule has 1 aromatic rings. The van der Waals surface area contributed by atoms with Crippen LogP contribution in [0.5, 0.6) is 0 Å². The summed E-state index contributed by atoms with van der Waals surface area (Å²) in [5, 5.41) is 3.32. The van der Waals surface area contributed by atoms with Crippen molar-refractivity contribution < 1.29 is 4.79 Å². The largest absolute Gasteiger partial charge is 0.383 e. The van der Waals surface area contributed by atoms with E-state index in [1.165, 1.54) is 5.56 Å². The van der Waals surface area contributed by atoms with Gasteiger partial charge in [0.05, 0.1) is 17.3 Å². The van der Waals surface area contributed by atoms with Crippen molar-refractivity contribution in [1.29, 1.82) is 0 Å². The average Bonchev–Trinajstić information content (AvgIpc) is 2.31. The van der Waals surface area contributed by atoms with E-state index in [0.717, 1.165) is 15.8 Å². The molecule has 86 valence electrons. The van der Waals surface area contributed by atoms with Crippen molar-refractivity contribution in [2.24, 2.45) is 5.92 Å². The normalized spacial score (nSPS) is 20.1. The SMILES string of the molecule is Cc1cc(Br)c2c(c1)NCC(C)C(=O)N2C. The summed E-state index contributed by atoms with van der Waals surface area (Å²) in [5.41, 5.74) is 3.13. The first-order valence-electron chi connectivity index (χ1n) is 5.32.